The molecule has 2 aromatic rings. The van der Waals surface area contributed by atoms with E-state index >= 15 is 0 Å². The van der Waals surface area contributed by atoms with Gasteiger partial charge in [0.15, 0.2) is 0 Å². The van der Waals surface area contributed by atoms with Crippen LogP contribution in [0.1, 0.15) is 21.7 Å². The smallest absolute Gasteiger partial charge is 0.257 e. The Morgan fingerprint density at radius 3 is 2.43 bits per heavy atom. The summed E-state index contributed by atoms with van der Waals surface area (Å²) >= 11 is 0. The van der Waals surface area contributed by atoms with Crippen LogP contribution in [0.2, 0.25) is 0 Å². The lowest BCUT2D eigenvalue weighted by atomic mass is 10.2. The highest BCUT2D eigenvalue weighted by molar-refractivity contribution is 5.94. The first-order valence-corrected chi connectivity index (χ1v) is 9.17. The Morgan fingerprint density at radius 2 is 1.82 bits per heavy atom. The molecule has 1 aromatic carbocycles. The van der Waals surface area contributed by atoms with Gasteiger partial charge in [-0.05, 0) is 18.7 Å². The standard InChI is InChI=1S/C20H28N4O2.2ClH/c1-22(15-17-5-3-2-4-6-17)7-8-23-9-11-24(12-10-23)20(25)18-13-19(14-21)26-16-18;;/h2-6,13,16H,7-12,14-15,21H2,1H3;2*1H. The predicted octanol–water partition coefficient (Wildman–Crippen LogP) is 2.47. The maximum atomic E-state index is 12.5. The minimum atomic E-state index is 0. The summed E-state index contributed by atoms with van der Waals surface area (Å²) in [7, 11) is 2.15. The second kappa shape index (κ2) is 12.1. The van der Waals surface area contributed by atoms with E-state index in [-0.39, 0.29) is 30.7 Å². The van der Waals surface area contributed by atoms with Crippen LogP contribution in [0.25, 0.3) is 0 Å². The summed E-state index contributed by atoms with van der Waals surface area (Å²) in [5, 5.41) is 0. The van der Waals surface area contributed by atoms with Crippen LogP contribution in [0.4, 0.5) is 0 Å². The number of benzene rings is 1. The van der Waals surface area contributed by atoms with Gasteiger partial charge in [0, 0.05) is 45.8 Å². The molecule has 0 unspecified atom stereocenters. The molecule has 1 aromatic heterocycles. The molecule has 1 aliphatic heterocycles. The Hall–Kier alpha value is -1.57. The number of furan rings is 1. The lowest BCUT2D eigenvalue weighted by Gasteiger charge is -2.35. The Balaban J connectivity index is 0.00000196. The van der Waals surface area contributed by atoms with E-state index in [1.807, 2.05) is 11.0 Å². The molecule has 0 saturated carbocycles. The van der Waals surface area contributed by atoms with Crippen molar-refractivity contribution in [3.8, 4) is 0 Å². The molecule has 0 atom stereocenters. The van der Waals surface area contributed by atoms with Gasteiger partial charge in [-0.3, -0.25) is 9.69 Å². The van der Waals surface area contributed by atoms with Crippen LogP contribution < -0.4 is 5.73 Å². The molecule has 1 saturated heterocycles. The summed E-state index contributed by atoms with van der Waals surface area (Å²) in [5.41, 5.74) is 7.47. The van der Waals surface area contributed by atoms with Crippen molar-refractivity contribution in [3.63, 3.8) is 0 Å². The van der Waals surface area contributed by atoms with Gasteiger partial charge in [-0.25, -0.2) is 0 Å². The highest BCUT2D eigenvalue weighted by Crippen LogP contribution is 2.12. The number of hydrogen-bond donors (Lipinski definition) is 1. The Labute approximate surface area is 179 Å². The van der Waals surface area contributed by atoms with E-state index < -0.39 is 0 Å². The Morgan fingerprint density at radius 1 is 1.14 bits per heavy atom. The SMILES string of the molecule is CN(CCN1CCN(C(=O)c2coc(CN)c2)CC1)Cc1ccccc1.Cl.Cl. The number of piperazine rings is 1. The molecule has 28 heavy (non-hydrogen) atoms. The van der Waals surface area contributed by atoms with E-state index in [1.54, 1.807) is 6.07 Å². The fourth-order valence-electron chi connectivity index (χ4n) is 3.24. The van der Waals surface area contributed by atoms with Crippen molar-refractivity contribution in [2.24, 2.45) is 5.73 Å². The zero-order chi connectivity index (χ0) is 18.4. The number of carbonyl (C=O) groups excluding carboxylic acids is 1. The third-order valence-corrected chi connectivity index (χ3v) is 4.85. The summed E-state index contributed by atoms with van der Waals surface area (Å²) in [5.74, 6) is 0.683. The molecule has 1 fully saturated rings. The second-order valence-corrected chi connectivity index (χ2v) is 6.86. The summed E-state index contributed by atoms with van der Waals surface area (Å²) in [6.07, 6.45) is 1.51. The number of nitrogens with zero attached hydrogens (tertiary/aromatic N) is 3. The summed E-state index contributed by atoms with van der Waals surface area (Å²) < 4.78 is 5.27. The normalized spacial score (nSPS) is 14.5. The van der Waals surface area contributed by atoms with Crippen LogP contribution >= 0.6 is 24.8 Å². The van der Waals surface area contributed by atoms with Gasteiger partial charge in [0.1, 0.15) is 12.0 Å². The van der Waals surface area contributed by atoms with E-state index in [9.17, 15) is 4.79 Å². The number of carbonyl (C=O) groups is 1. The van der Waals surface area contributed by atoms with Crippen LogP contribution in [0.5, 0.6) is 0 Å². The van der Waals surface area contributed by atoms with Crippen molar-refractivity contribution in [2.75, 3.05) is 46.3 Å². The number of nitrogens with two attached hydrogens (primary N) is 1. The molecule has 8 heteroatoms. The maximum absolute atomic E-state index is 12.5. The molecular weight excluding hydrogens is 399 g/mol. The fraction of sp³-hybridized carbons (Fsp3) is 0.450. The molecule has 1 aliphatic rings. The zero-order valence-corrected chi connectivity index (χ0v) is 17.9. The predicted molar refractivity (Wildman–Crippen MR) is 116 cm³/mol. The molecular formula is C20H30Cl2N4O2. The monoisotopic (exact) mass is 428 g/mol. The minimum absolute atomic E-state index is 0. The van der Waals surface area contributed by atoms with Gasteiger partial charge in [0.2, 0.25) is 0 Å². The van der Waals surface area contributed by atoms with Crippen LogP contribution in [-0.4, -0.2) is 66.9 Å². The highest BCUT2D eigenvalue weighted by Gasteiger charge is 2.23. The quantitative estimate of drug-likeness (QED) is 0.733. The number of likely N-dealkylation sites (N-methyl/N-ethyl adjacent to an activating group) is 1. The third-order valence-electron chi connectivity index (χ3n) is 4.85. The summed E-state index contributed by atoms with van der Waals surface area (Å²) in [6, 6.07) is 12.3. The van der Waals surface area contributed by atoms with Crippen molar-refractivity contribution >= 4 is 30.7 Å². The van der Waals surface area contributed by atoms with E-state index in [2.05, 4.69) is 41.1 Å². The molecule has 3 rings (SSSR count). The average Bonchev–Trinajstić information content (AvgIpc) is 3.16. The molecule has 0 radical (unpaired) electrons. The molecule has 156 valence electrons. The van der Waals surface area contributed by atoms with E-state index in [4.69, 9.17) is 10.2 Å². The summed E-state index contributed by atoms with van der Waals surface area (Å²) in [6.45, 7) is 6.65. The molecule has 0 bridgehead atoms. The van der Waals surface area contributed by atoms with Gasteiger partial charge >= 0.3 is 0 Å². The van der Waals surface area contributed by atoms with E-state index in [0.717, 1.165) is 45.8 Å². The zero-order valence-electron chi connectivity index (χ0n) is 16.3. The van der Waals surface area contributed by atoms with Gasteiger partial charge in [-0.1, -0.05) is 30.3 Å². The first-order valence-electron chi connectivity index (χ1n) is 9.17. The first-order chi connectivity index (χ1) is 12.7. The van der Waals surface area contributed by atoms with Crippen molar-refractivity contribution in [1.29, 1.82) is 0 Å². The highest BCUT2D eigenvalue weighted by atomic mass is 35.5. The topological polar surface area (TPSA) is 66.0 Å². The van der Waals surface area contributed by atoms with E-state index in [1.165, 1.54) is 11.8 Å². The van der Waals surface area contributed by atoms with Gasteiger partial charge in [0.25, 0.3) is 5.91 Å². The van der Waals surface area contributed by atoms with Crippen molar-refractivity contribution < 1.29 is 9.21 Å². The molecule has 1 amide bonds. The molecule has 0 spiro atoms. The van der Waals surface area contributed by atoms with Crippen LogP contribution in [-0.2, 0) is 13.1 Å². The third kappa shape index (κ3) is 6.79. The maximum Gasteiger partial charge on any atom is 0.257 e. The minimum Gasteiger partial charge on any atom is -0.467 e. The average molecular weight is 429 g/mol. The van der Waals surface area contributed by atoms with Crippen LogP contribution in [0, 0.1) is 0 Å². The molecule has 2 heterocycles. The van der Waals surface area contributed by atoms with Gasteiger partial charge < -0.3 is 20.0 Å². The van der Waals surface area contributed by atoms with E-state index in [0.29, 0.717) is 17.9 Å². The van der Waals surface area contributed by atoms with Crippen LogP contribution in [0.15, 0.2) is 47.1 Å². The molecule has 6 nitrogen and oxygen atoms in total. The second-order valence-electron chi connectivity index (χ2n) is 6.86. The van der Waals surface area contributed by atoms with Gasteiger partial charge in [-0.2, -0.15) is 0 Å². The van der Waals surface area contributed by atoms with Gasteiger partial charge in [-0.15, -0.1) is 24.8 Å². The Kier molecular flexibility index (Phi) is 10.6. The Bertz CT molecular complexity index is 703. The lowest BCUT2D eigenvalue weighted by Crippen LogP contribution is -2.50. The molecule has 0 aliphatic carbocycles. The van der Waals surface area contributed by atoms with Crippen molar-refractivity contribution in [3.05, 3.63) is 59.5 Å². The summed E-state index contributed by atoms with van der Waals surface area (Å²) in [4.78, 5) is 19.2. The van der Waals surface area contributed by atoms with Crippen molar-refractivity contribution in [2.45, 2.75) is 13.1 Å². The largest absolute Gasteiger partial charge is 0.467 e. The first kappa shape index (κ1) is 24.5. The van der Waals surface area contributed by atoms with Crippen molar-refractivity contribution in [1.82, 2.24) is 14.7 Å². The number of halogens is 2. The number of rotatable bonds is 7. The van der Waals surface area contributed by atoms with Gasteiger partial charge in [0.05, 0.1) is 12.1 Å². The lowest BCUT2D eigenvalue weighted by molar-refractivity contribution is 0.0625. The molecule has 2 N–H and O–H groups in total. The fourth-order valence-corrected chi connectivity index (χ4v) is 3.24. The number of amides is 1. The number of hydrogen-bond acceptors (Lipinski definition) is 5. The van der Waals surface area contributed by atoms with Crippen LogP contribution in [0.3, 0.4) is 0 Å².